The van der Waals surface area contributed by atoms with Crippen LogP contribution in [0.2, 0.25) is 0 Å². The monoisotopic (exact) mass is 327 g/mol. The lowest BCUT2D eigenvalue weighted by Gasteiger charge is -2.06. The molecule has 0 spiro atoms. The van der Waals surface area contributed by atoms with E-state index < -0.39 is 4.33 Å². The van der Waals surface area contributed by atoms with Crippen LogP contribution in [0.1, 0.15) is 12.0 Å². The van der Waals surface area contributed by atoms with Crippen LogP contribution >= 0.6 is 35.0 Å². The van der Waals surface area contributed by atoms with E-state index >= 15 is 0 Å². The number of thioether (sulfide) groups is 1. The van der Waals surface area contributed by atoms with Crippen LogP contribution in [-0.4, -0.2) is 24.9 Å². The predicted molar refractivity (Wildman–Crippen MR) is 84.4 cm³/mol. The molecule has 0 radical (unpaired) electrons. The van der Waals surface area contributed by atoms with Gasteiger partial charge in [0.1, 0.15) is 4.33 Å². The summed E-state index contributed by atoms with van der Waals surface area (Å²) in [7, 11) is 1.99. The molecule has 1 aliphatic carbocycles. The molecule has 2 aromatic rings. The maximum absolute atomic E-state index is 6.04. The molecule has 106 valence electrons. The quantitative estimate of drug-likeness (QED) is 0.626. The zero-order valence-corrected chi connectivity index (χ0v) is 13.6. The van der Waals surface area contributed by atoms with E-state index in [9.17, 15) is 0 Å². The fourth-order valence-electron chi connectivity index (χ4n) is 2.12. The molecule has 0 aliphatic heterocycles. The van der Waals surface area contributed by atoms with Crippen molar-refractivity contribution in [2.45, 2.75) is 22.8 Å². The van der Waals surface area contributed by atoms with Crippen molar-refractivity contribution in [3.63, 3.8) is 0 Å². The van der Waals surface area contributed by atoms with Gasteiger partial charge in [0.2, 0.25) is 0 Å². The Morgan fingerprint density at radius 2 is 2.05 bits per heavy atom. The molecule has 3 nitrogen and oxygen atoms in total. The largest absolute Gasteiger partial charge is 0.305 e. The fourth-order valence-corrected chi connectivity index (χ4v) is 3.97. The van der Waals surface area contributed by atoms with Gasteiger partial charge >= 0.3 is 0 Å². The second-order valence-electron chi connectivity index (χ2n) is 5.15. The van der Waals surface area contributed by atoms with Crippen LogP contribution in [0.4, 0.5) is 0 Å². The first-order valence-electron chi connectivity index (χ1n) is 6.45. The zero-order chi connectivity index (χ0) is 14.3. The minimum absolute atomic E-state index is 0.356. The first-order chi connectivity index (χ1) is 9.49. The zero-order valence-electron chi connectivity index (χ0n) is 11.3. The van der Waals surface area contributed by atoms with Crippen molar-refractivity contribution < 1.29 is 0 Å². The van der Waals surface area contributed by atoms with Crippen molar-refractivity contribution in [2.24, 2.45) is 13.0 Å². The standard InChI is InChI=1S/C14H15Cl2N3S/c1-9-5-3-4-6-11(9)12-17-18-13(19(12)2)20-8-10-7-14(10,15)16/h3-6,10H,7-8H2,1-2H3. The maximum atomic E-state index is 6.04. The van der Waals surface area contributed by atoms with Crippen LogP contribution in [0.5, 0.6) is 0 Å². The summed E-state index contributed by atoms with van der Waals surface area (Å²) in [6, 6.07) is 8.19. The highest BCUT2D eigenvalue weighted by Gasteiger charge is 2.51. The molecular formula is C14H15Cl2N3S. The van der Waals surface area contributed by atoms with Gasteiger partial charge in [0.15, 0.2) is 11.0 Å². The van der Waals surface area contributed by atoms with Crippen LogP contribution in [0.3, 0.4) is 0 Å². The molecule has 0 saturated heterocycles. The average Bonchev–Trinajstić information content (AvgIpc) is 2.85. The van der Waals surface area contributed by atoms with Gasteiger partial charge in [0, 0.05) is 24.3 Å². The van der Waals surface area contributed by atoms with E-state index in [1.165, 1.54) is 5.56 Å². The Morgan fingerprint density at radius 3 is 2.70 bits per heavy atom. The van der Waals surface area contributed by atoms with Gasteiger partial charge in [-0.3, -0.25) is 0 Å². The number of benzene rings is 1. The van der Waals surface area contributed by atoms with Crippen molar-refractivity contribution in [2.75, 3.05) is 5.75 Å². The fraction of sp³-hybridized carbons (Fsp3) is 0.429. The first-order valence-corrected chi connectivity index (χ1v) is 8.19. The summed E-state index contributed by atoms with van der Waals surface area (Å²) in [5.41, 5.74) is 2.31. The number of rotatable bonds is 4. The van der Waals surface area contributed by atoms with Crippen LogP contribution < -0.4 is 0 Å². The highest BCUT2D eigenvalue weighted by molar-refractivity contribution is 7.99. The van der Waals surface area contributed by atoms with Gasteiger partial charge < -0.3 is 4.57 Å². The summed E-state index contributed by atoms with van der Waals surface area (Å²) in [5, 5.41) is 9.48. The summed E-state index contributed by atoms with van der Waals surface area (Å²) in [5.74, 6) is 2.13. The molecule has 1 aromatic heterocycles. The second kappa shape index (κ2) is 5.24. The van der Waals surface area contributed by atoms with Crippen LogP contribution in [0.25, 0.3) is 11.4 Å². The Hall–Kier alpha value is -0.710. The summed E-state index contributed by atoms with van der Waals surface area (Å²) >= 11 is 13.8. The number of hydrogen-bond donors (Lipinski definition) is 0. The average molecular weight is 328 g/mol. The molecule has 1 aromatic carbocycles. The van der Waals surface area contributed by atoms with E-state index in [0.29, 0.717) is 5.92 Å². The molecule has 1 saturated carbocycles. The Morgan fingerprint density at radius 1 is 1.35 bits per heavy atom. The Labute approximate surface area is 132 Å². The van der Waals surface area contributed by atoms with Gasteiger partial charge in [-0.05, 0) is 18.9 Å². The lowest BCUT2D eigenvalue weighted by atomic mass is 10.1. The SMILES string of the molecule is Cc1ccccc1-c1nnc(SCC2CC2(Cl)Cl)n1C. The molecule has 0 bridgehead atoms. The number of hydrogen-bond acceptors (Lipinski definition) is 3. The van der Waals surface area contributed by atoms with Gasteiger partial charge in [-0.2, -0.15) is 0 Å². The van der Waals surface area contributed by atoms with Crippen LogP contribution in [-0.2, 0) is 7.05 Å². The van der Waals surface area contributed by atoms with Crippen molar-refractivity contribution in [1.29, 1.82) is 0 Å². The van der Waals surface area contributed by atoms with Gasteiger partial charge in [-0.1, -0.05) is 36.0 Å². The third-order valence-corrected chi connectivity index (χ3v) is 5.70. The first kappa shape index (κ1) is 14.2. The van der Waals surface area contributed by atoms with E-state index in [1.54, 1.807) is 11.8 Å². The number of aryl methyl sites for hydroxylation is 1. The van der Waals surface area contributed by atoms with E-state index in [4.69, 9.17) is 23.2 Å². The second-order valence-corrected chi connectivity index (χ2v) is 7.68. The topological polar surface area (TPSA) is 30.7 Å². The normalized spacial score (nSPS) is 20.1. The molecule has 1 heterocycles. The minimum atomic E-state index is -0.523. The molecule has 1 fully saturated rings. The van der Waals surface area contributed by atoms with Crippen LogP contribution in [0.15, 0.2) is 29.4 Å². The molecular weight excluding hydrogens is 313 g/mol. The van der Waals surface area contributed by atoms with Crippen molar-refractivity contribution in [1.82, 2.24) is 14.8 Å². The van der Waals surface area contributed by atoms with Crippen molar-refractivity contribution in [3.8, 4) is 11.4 Å². The molecule has 0 amide bonds. The molecule has 6 heteroatoms. The van der Waals surface area contributed by atoms with E-state index in [1.807, 2.05) is 23.7 Å². The van der Waals surface area contributed by atoms with Crippen molar-refractivity contribution in [3.05, 3.63) is 29.8 Å². The number of alkyl halides is 2. The lowest BCUT2D eigenvalue weighted by molar-refractivity contribution is 0.791. The summed E-state index contributed by atoms with van der Waals surface area (Å²) in [4.78, 5) is 0. The molecule has 20 heavy (non-hydrogen) atoms. The van der Waals surface area contributed by atoms with Gasteiger partial charge in [0.05, 0.1) is 0 Å². The Bertz CT molecular complexity index is 639. The van der Waals surface area contributed by atoms with E-state index in [0.717, 1.165) is 28.7 Å². The Balaban J connectivity index is 1.77. The molecule has 1 atom stereocenters. The van der Waals surface area contributed by atoms with E-state index in [2.05, 4.69) is 29.3 Å². The molecule has 1 unspecified atom stereocenters. The van der Waals surface area contributed by atoms with E-state index in [-0.39, 0.29) is 0 Å². The third-order valence-electron chi connectivity index (χ3n) is 3.59. The smallest absolute Gasteiger partial charge is 0.191 e. The highest BCUT2D eigenvalue weighted by Crippen LogP contribution is 2.54. The molecule has 3 rings (SSSR count). The summed E-state index contributed by atoms with van der Waals surface area (Å²) in [6.07, 6.45) is 0.867. The van der Waals surface area contributed by atoms with Gasteiger partial charge in [-0.25, -0.2) is 0 Å². The Kier molecular flexibility index (Phi) is 3.73. The van der Waals surface area contributed by atoms with Crippen LogP contribution in [0, 0.1) is 12.8 Å². The maximum Gasteiger partial charge on any atom is 0.191 e. The van der Waals surface area contributed by atoms with Gasteiger partial charge in [0.25, 0.3) is 0 Å². The molecule has 0 N–H and O–H groups in total. The summed E-state index contributed by atoms with van der Waals surface area (Å²) in [6.45, 7) is 2.08. The number of nitrogens with zero attached hydrogens (tertiary/aromatic N) is 3. The minimum Gasteiger partial charge on any atom is -0.305 e. The third kappa shape index (κ3) is 2.69. The lowest BCUT2D eigenvalue weighted by Crippen LogP contribution is -1.98. The predicted octanol–water partition coefficient (Wildman–Crippen LogP) is 4.08. The number of halogens is 2. The van der Waals surface area contributed by atoms with Crippen molar-refractivity contribution >= 4 is 35.0 Å². The summed E-state index contributed by atoms with van der Waals surface area (Å²) < 4.78 is 1.50. The van der Waals surface area contributed by atoms with Gasteiger partial charge in [-0.15, -0.1) is 33.4 Å². The highest BCUT2D eigenvalue weighted by atomic mass is 35.5. The molecule has 1 aliphatic rings. The number of aromatic nitrogens is 3.